The lowest BCUT2D eigenvalue weighted by Crippen LogP contribution is -2.44. The fourth-order valence-electron chi connectivity index (χ4n) is 3.71. The Morgan fingerprint density at radius 2 is 1.96 bits per heavy atom. The Morgan fingerprint density at radius 3 is 2.74 bits per heavy atom. The Morgan fingerprint density at radius 1 is 1.19 bits per heavy atom. The van der Waals surface area contributed by atoms with E-state index in [1.165, 1.54) is 0 Å². The van der Waals surface area contributed by atoms with E-state index in [2.05, 4.69) is 20.7 Å². The van der Waals surface area contributed by atoms with E-state index in [0.717, 1.165) is 43.5 Å². The van der Waals surface area contributed by atoms with Crippen LogP contribution in [0, 0.1) is 0 Å². The van der Waals surface area contributed by atoms with E-state index in [0.29, 0.717) is 12.4 Å². The molecule has 27 heavy (non-hydrogen) atoms. The number of carbonyl (C=O) groups is 1. The first kappa shape index (κ1) is 17.9. The van der Waals surface area contributed by atoms with E-state index in [9.17, 15) is 4.79 Å². The lowest BCUT2D eigenvalue weighted by Gasteiger charge is -2.32. The summed E-state index contributed by atoms with van der Waals surface area (Å²) in [7, 11) is 1.82. The van der Waals surface area contributed by atoms with E-state index >= 15 is 0 Å². The average molecular weight is 371 g/mol. The SMILES string of the molecule is Cn1nc(C2CCCO2)cc1NC(=O)N[C@H]1CCCO[C@@H]1c1ccncc1. The lowest BCUT2D eigenvalue weighted by molar-refractivity contribution is -0.00701. The molecule has 8 nitrogen and oxygen atoms in total. The third-order valence-electron chi connectivity index (χ3n) is 5.07. The number of ether oxygens (including phenoxy) is 2. The van der Waals surface area contributed by atoms with Gasteiger partial charge in [-0.25, -0.2) is 4.79 Å². The molecule has 2 aliphatic rings. The van der Waals surface area contributed by atoms with Crippen LogP contribution < -0.4 is 10.6 Å². The fraction of sp³-hybridized carbons (Fsp3) is 0.526. The smallest absolute Gasteiger partial charge is 0.320 e. The van der Waals surface area contributed by atoms with Crippen molar-refractivity contribution in [1.82, 2.24) is 20.1 Å². The highest BCUT2D eigenvalue weighted by atomic mass is 16.5. The van der Waals surface area contributed by atoms with E-state index in [4.69, 9.17) is 9.47 Å². The highest BCUT2D eigenvalue weighted by Gasteiger charge is 2.29. The number of amides is 2. The fourth-order valence-corrected chi connectivity index (χ4v) is 3.71. The Balaban J connectivity index is 1.41. The molecule has 2 aromatic rings. The van der Waals surface area contributed by atoms with Crippen LogP contribution in [0.5, 0.6) is 0 Å². The number of carbonyl (C=O) groups excluding carboxylic acids is 1. The number of nitrogens with one attached hydrogen (secondary N) is 2. The molecule has 0 aliphatic carbocycles. The summed E-state index contributed by atoms with van der Waals surface area (Å²) in [5.41, 5.74) is 1.89. The number of hydrogen-bond acceptors (Lipinski definition) is 5. The number of rotatable bonds is 4. The molecule has 0 spiro atoms. The van der Waals surface area contributed by atoms with Crippen molar-refractivity contribution in [3.63, 3.8) is 0 Å². The topological polar surface area (TPSA) is 90.3 Å². The number of aromatic nitrogens is 3. The quantitative estimate of drug-likeness (QED) is 0.862. The predicted octanol–water partition coefficient (Wildman–Crippen LogP) is 2.71. The molecule has 0 bridgehead atoms. The maximum atomic E-state index is 12.6. The first-order valence-electron chi connectivity index (χ1n) is 9.45. The molecular weight excluding hydrogens is 346 g/mol. The summed E-state index contributed by atoms with van der Waals surface area (Å²) in [4.78, 5) is 16.6. The zero-order chi connectivity index (χ0) is 18.6. The molecule has 1 unspecified atom stereocenters. The molecule has 8 heteroatoms. The summed E-state index contributed by atoms with van der Waals surface area (Å²) in [5.74, 6) is 0.648. The lowest BCUT2D eigenvalue weighted by atomic mass is 9.97. The second-order valence-corrected chi connectivity index (χ2v) is 7.00. The Kier molecular flexibility index (Phi) is 5.35. The minimum atomic E-state index is -0.258. The molecule has 2 fully saturated rings. The molecule has 3 atom stereocenters. The second-order valence-electron chi connectivity index (χ2n) is 7.00. The summed E-state index contributed by atoms with van der Waals surface area (Å²) in [6, 6.07) is 5.39. The average Bonchev–Trinajstić information content (AvgIpc) is 3.33. The van der Waals surface area contributed by atoms with E-state index in [1.54, 1.807) is 17.1 Å². The van der Waals surface area contributed by atoms with Gasteiger partial charge < -0.3 is 14.8 Å². The number of nitrogens with zero attached hydrogens (tertiary/aromatic N) is 3. The normalized spacial score (nSPS) is 25.3. The zero-order valence-electron chi connectivity index (χ0n) is 15.4. The van der Waals surface area contributed by atoms with E-state index in [-0.39, 0.29) is 24.3 Å². The van der Waals surface area contributed by atoms with E-state index < -0.39 is 0 Å². The number of hydrogen-bond donors (Lipinski definition) is 2. The number of urea groups is 1. The second kappa shape index (κ2) is 8.06. The molecule has 0 aromatic carbocycles. The molecule has 2 aliphatic heterocycles. The predicted molar refractivity (Wildman–Crippen MR) is 99.2 cm³/mol. The molecule has 4 rings (SSSR count). The van der Waals surface area contributed by atoms with Gasteiger partial charge in [-0.3, -0.25) is 15.0 Å². The molecule has 0 saturated carbocycles. The number of pyridine rings is 1. The third-order valence-corrected chi connectivity index (χ3v) is 5.07. The van der Waals surface area contributed by atoms with Crippen LogP contribution in [0.15, 0.2) is 30.6 Å². The van der Waals surface area contributed by atoms with Crippen LogP contribution in [0.2, 0.25) is 0 Å². The van der Waals surface area contributed by atoms with Crippen molar-refractivity contribution < 1.29 is 14.3 Å². The summed E-state index contributed by atoms with van der Waals surface area (Å²) < 4.78 is 13.3. The van der Waals surface area contributed by atoms with Gasteiger partial charge in [0, 0.05) is 38.7 Å². The molecule has 2 aromatic heterocycles. The van der Waals surface area contributed by atoms with Crippen LogP contribution in [-0.2, 0) is 16.5 Å². The van der Waals surface area contributed by atoms with Crippen LogP contribution in [0.3, 0.4) is 0 Å². The minimum Gasteiger partial charge on any atom is -0.372 e. The number of anilines is 1. The van der Waals surface area contributed by atoms with Gasteiger partial charge in [-0.2, -0.15) is 5.10 Å². The van der Waals surface area contributed by atoms with Gasteiger partial charge in [-0.05, 0) is 43.4 Å². The van der Waals surface area contributed by atoms with Gasteiger partial charge in [0.15, 0.2) is 0 Å². The Bertz CT molecular complexity index is 773. The van der Waals surface area contributed by atoms with E-state index in [1.807, 2.05) is 25.2 Å². The summed E-state index contributed by atoms with van der Waals surface area (Å²) in [5, 5.41) is 10.4. The van der Waals surface area contributed by atoms with Gasteiger partial charge in [-0.15, -0.1) is 0 Å². The van der Waals surface area contributed by atoms with Crippen LogP contribution >= 0.6 is 0 Å². The molecular formula is C19H25N5O3. The van der Waals surface area contributed by atoms with Crippen molar-refractivity contribution in [3.05, 3.63) is 41.9 Å². The first-order chi connectivity index (χ1) is 13.2. The van der Waals surface area contributed by atoms with Crippen molar-refractivity contribution in [2.45, 2.75) is 43.9 Å². The maximum absolute atomic E-state index is 12.6. The van der Waals surface area contributed by atoms with Gasteiger partial charge in [-0.1, -0.05) is 0 Å². The van der Waals surface area contributed by atoms with Gasteiger partial charge in [0.05, 0.1) is 11.7 Å². The molecule has 144 valence electrons. The zero-order valence-corrected chi connectivity index (χ0v) is 15.4. The summed E-state index contributed by atoms with van der Waals surface area (Å²) in [6.45, 7) is 1.46. The molecule has 2 saturated heterocycles. The van der Waals surface area contributed by atoms with Crippen molar-refractivity contribution in [3.8, 4) is 0 Å². The molecule has 4 heterocycles. The Hall–Kier alpha value is -2.45. The minimum absolute atomic E-state index is 0.0256. The third kappa shape index (κ3) is 4.12. The standard InChI is InChI=1S/C19H25N5O3/c1-24-17(12-15(23-24)16-5-3-10-26-16)22-19(25)21-14-4-2-11-27-18(14)13-6-8-20-9-7-13/h6-9,12,14,16,18H,2-5,10-11H2,1H3,(H2,21,22,25)/t14-,16?,18+/m0/s1. The first-order valence-corrected chi connectivity index (χ1v) is 9.45. The highest BCUT2D eigenvalue weighted by Crippen LogP contribution is 2.30. The van der Waals surface area contributed by atoms with Crippen molar-refractivity contribution in [1.29, 1.82) is 0 Å². The van der Waals surface area contributed by atoms with Crippen molar-refractivity contribution in [2.75, 3.05) is 18.5 Å². The van der Waals surface area contributed by atoms with Crippen molar-refractivity contribution >= 4 is 11.8 Å². The Labute approximate surface area is 158 Å². The molecule has 0 radical (unpaired) electrons. The van der Waals surface area contributed by atoms with Crippen molar-refractivity contribution in [2.24, 2.45) is 7.05 Å². The maximum Gasteiger partial charge on any atom is 0.320 e. The van der Waals surface area contributed by atoms with Gasteiger partial charge >= 0.3 is 6.03 Å². The summed E-state index contributed by atoms with van der Waals surface area (Å²) in [6.07, 6.45) is 7.14. The number of aryl methyl sites for hydroxylation is 1. The monoisotopic (exact) mass is 371 g/mol. The van der Waals surface area contributed by atoms with Crippen LogP contribution in [0.4, 0.5) is 10.6 Å². The van der Waals surface area contributed by atoms with Gasteiger partial charge in [0.1, 0.15) is 18.0 Å². The van der Waals surface area contributed by atoms with Crippen LogP contribution in [-0.4, -0.2) is 40.1 Å². The molecule has 2 amide bonds. The van der Waals surface area contributed by atoms with Crippen LogP contribution in [0.25, 0.3) is 0 Å². The summed E-state index contributed by atoms with van der Waals surface area (Å²) >= 11 is 0. The molecule has 2 N–H and O–H groups in total. The largest absolute Gasteiger partial charge is 0.372 e. The van der Waals surface area contributed by atoms with Gasteiger partial charge in [0.25, 0.3) is 0 Å². The van der Waals surface area contributed by atoms with Gasteiger partial charge in [0.2, 0.25) is 0 Å². The highest BCUT2D eigenvalue weighted by molar-refractivity contribution is 5.88. The van der Waals surface area contributed by atoms with Crippen LogP contribution in [0.1, 0.15) is 49.1 Å².